The predicted octanol–water partition coefficient (Wildman–Crippen LogP) is 3.61. The minimum absolute atomic E-state index is 0.0551. The Bertz CT molecular complexity index is 1060. The van der Waals surface area contributed by atoms with Crippen molar-refractivity contribution in [3.63, 3.8) is 0 Å². The second kappa shape index (κ2) is 9.67. The molecular formula is C22H22ClFN2O3. The molecule has 0 aliphatic rings. The zero-order valence-electron chi connectivity index (χ0n) is 15.8. The number of aliphatic hydroxyl groups excluding tert-OH is 1. The molecule has 0 unspecified atom stereocenters. The number of fused-ring (bicyclic) bond motifs is 1. The maximum Gasteiger partial charge on any atom is 0.256 e. The highest BCUT2D eigenvalue weighted by Gasteiger charge is 2.15. The number of unbranched alkanes of at least 4 members (excludes halogenated alkanes) is 1. The Kier molecular flexibility index (Phi) is 7.01. The molecule has 152 valence electrons. The van der Waals surface area contributed by atoms with E-state index in [1.807, 2.05) is 12.1 Å². The maximum atomic E-state index is 14.4. The summed E-state index contributed by atoms with van der Waals surface area (Å²) in [7, 11) is 0. The van der Waals surface area contributed by atoms with Crippen molar-refractivity contribution in [2.45, 2.75) is 25.7 Å². The average molecular weight is 417 g/mol. The van der Waals surface area contributed by atoms with Crippen molar-refractivity contribution in [1.82, 2.24) is 10.3 Å². The molecule has 3 rings (SSSR count). The fourth-order valence-electron chi connectivity index (χ4n) is 3.16. The van der Waals surface area contributed by atoms with E-state index in [4.69, 9.17) is 16.7 Å². The van der Waals surface area contributed by atoms with Gasteiger partial charge in [-0.25, -0.2) is 4.39 Å². The van der Waals surface area contributed by atoms with Crippen molar-refractivity contribution < 1.29 is 14.3 Å². The summed E-state index contributed by atoms with van der Waals surface area (Å²) in [5, 5.41) is 12.4. The molecule has 0 bridgehead atoms. The number of nitrogens with one attached hydrogen (secondary N) is 2. The van der Waals surface area contributed by atoms with Crippen LogP contribution in [0.4, 0.5) is 4.39 Å². The zero-order chi connectivity index (χ0) is 20.8. The molecule has 0 aliphatic carbocycles. The molecule has 0 saturated heterocycles. The highest BCUT2D eigenvalue weighted by Crippen LogP contribution is 2.17. The summed E-state index contributed by atoms with van der Waals surface area (Å²) in [4.78, 5) is 28.0. The number of amides is 1. The van der Waals surface area contributed by atoms with Gasteiger partial charge >= 0.3 is 0 Å². The highest BCUT2D eigenvalue weighted by atomic mass is 35.5. The molecule has 0 saturated carbocycles. The number of rotatable bonds is 8. The van der Waals surface area contributed by atoms with Crippen LogP contribution >= 0.6 is 11.6 Å². The fourth-order valence-corrected chi connectivity index (χ4v) is 3.29. The normalized spacial score (nSPS) is 11.0. The topological polar surface area (TPSA) is 82.2 Å². The molecule has 29 heavy (non-hydrogen) atoms. The van der Waals surface area contributed by atoms with E-state index < -0.39 is 17.2 Å². The molecule has 0 fully saturated rings. The Labute approximate surface area is 172 Å². The fraction of sp³-hybridized carbons (Fsp3) is 0.273. The molecule has 0 spiro atoms. The van der Waals surface area contributed by atoms with E-state index in [9.17, 15) is 14.0 Å². The van der Waals surface area contributed by atoms with Crippen LogP contribution in [0.5, 0.6) is 0 Å². The standard InChI is InChI=1S/C22H22ClFN2O3/c23-16-6-4-14(5-7-16)8-9-25-22(29)18-13-26-20-17(21(18)28)11-15(12-19(20)24)3-1-2-10-27/h4-7,11-13,27H,1-3,8-10H2,(H,25,29)(H,26,28). The third-order valence-electron chi connectivity index (χ3n) is 4.73. The number of carbonyl (C=O) groups excluding carboxylic acids is 1. The van der Waals surface area contributed by atoms with E-state index in [1.165, 1.54) is 12.3 Å². The Morgan fingerprint density at radius 3 is 2.59 bits per heavy atom. The van der Waals surface area contributed by atoms with Gasteiger partial charge in [0.1, 0.15) is 11.4 Å². The number of aliphatic hydroxyl groups is 1. The molecule has 7 heteroatoms. The lowest BCUT2D eigenvalue weighted by Gasteiger charge is -2.08. The van der Waals surface area contributed by atoms with Crippen molar-refractivity contribution in [3.05, 3.63) is 80.3 Å². The molecule has 3 N–H and O–H groups in total. The molecule has 0 radical (unpaired) electrons. The number of pyridine rings is 1. The van der Waals surface area contributed by atoms with E-state index in [0.717, 1.165) is 5.56 Å². The van der Waals surface area contributed by atoms with Crippen LogP contribution < -0.4 is 10.7 Å². The molecule has 1 heterocycles. The summed E-state index contributed by atoms with van der Waals surface area (Å²) < 4.78 is 14.4. The summed E-state index contributed by atoms with van der Waals surface area (Å²) in [6.45, 7) is 0.421. The van der Waals surface area contributed by atoms with Crippen LogP contribution in [0.1, 0.15) is 34.3 Å². The molecule has 0 aliphatic heterocycles. The molecule has 5 nitrogen and oxygen atoms in total. The van der Waals surface area contributed by atoms with E-state index in [1.54, 1.807) is 18.2 Å². The van der Waals surface area contributed by atoms with Crippen LogP contribution in [-0.2, 0) is 12.8 Å². The minimum atomic E-state index is -0.534. The maximum absolute atomic E-state index is 14.4. The summed E-state index contributed by atoms with van der Waals surface area (Å²) in [5.74, 6) is -1.04. The van der Waals surface area contributed by atoms with Crippen molar-refractivity contribution >= 4 is 28.4 Å². The number of H-pyrrole nitrogens is 1. The zero-order valence-corrected chi connectivity index (χ0v) is 16.6. The van der Waals surface area contributed by atoms with Gasteiger partial charge in [0.2, 0.25) is 5.43 Å². The Hall–Kier alpha value is -2.70. The molecule has 3 aromatic rings. The average Bonchev–Trinajstić information content (AvgIpc) is 2.70. The van der Waals surface area contributed by atoms with Crippen LogP contribution in [0.15, 0.2) is 47.4 Å². The summed E-state index contributed by atoms with van der Waals surface area (Å²) in [6, 6.07) is 10.3. The first kappa shape index (κ1) is 21.0. The first-order valence-corrected chi connectivity index (χ1v) is 9.84. The highest BCUT2D eigenvalue weighted by molar-refractivity contribution is 6.30. The van der Waals surface area contributed by atoms with E-state index in [2.05, 4.69) is 10.3 Å². The van der Waals surface area contributed by atoms with Gasteiger partial charge in [0.15, 0.2) is 0 Å². The summed E-state index contributed by atoms with van der Waals surface area (Å²) >= 11 is 5.85. The Morgan fingerprint density at radius 1 is 1.10 bits per heavy atom. The van der Waals surface area contributed by atoms with Gasteiger partial charge in [-0.15, -0.1) is 0 Å². The first-order chi connectivity index (χ1) is 14.0. The second-order valence-electron chi connectivity index (χ2n) is 6.84. The Morgan fingerprint density at radius 2 is 1.86 bits per heavy atom. The van der Waals surface area contributed by atoms with Crippen molar-refractivity contribution in [3.8, 4) is 0 Å². The van der Waals surface area contributed by atoms with Crippen molar-refractivity contribution in [2.75, 3.05) is 13.2 Å². The van der Waals surface area contributed by atoms with Crippen LogP contribution in [0.3, 0.4) is 0 Å². The quantitative estimate of drug-likeness (QED) is 0.490. The molecule has 1 aromatic heterocycles. The lowest BCUT2D eigenvalue weighted by molar-refractivity contribution is 0.0953. The number of halogens is 2. The van der Waals surface area contributed by atoms with Crippen LogP contribution in [0, 0.1) is 5.82 Å². The largest absolute Gasteiger partial charge is 0.396 e. The van der Waals surface area contributed by atoms with Crippen LogP contribution in [0.2, 0.25) is 5.02 Å². The van der Waals surface area contributed by atoms with Gasteiger partial charge in [-0.05, 0) is 61.1 Å². The monoisotopic (exact) mass is 416 g/mol. The molecule has 0 atom stereocenters. The predicted molar refractivity (Wildman–Crippen MR) is 112 cm³/mol. The van der Waals surface area contributed by atoms with Gasteiger partial charge in [-0.2, -0.15) is 0 Å². The third kappa shape index (κ3) is 5.22. The van der Waals surface area contributed by atoms with Crippen molar-refractivity contribution in [1.29, 1.82) is 0 Å². The Balaban J connectivity index is 1.75. The first-order valence-electron chi connectivity index (χ1n) is 9.47. The van der Waals surface area contributed by atoms with E-state index in [0.29, 0.717) is 42.8 Å². The number of aryl methyl sites for hydroxylation is 1. The number of aromatic amines is 1. The van der Waals surface area contributed by atoms with Crippen LogP contribution in [0.25, 0.3) is 10.9 Å². The third-order valence-corrected chi connectivity index (χ3v) is 4.98. The number of hydrogen-bond donors (Lipinski definition) is 3. The number of aromatic nitrogens is 1. The number of carbonyl (C=O) groups is 1. The minimum Gasteiger partial charge on any atom is -0.396 e. The molecular weight excluding hydrogens is 395 g/mol. The van der Waals surface area contributed by atoms with Gasteiger partial charge in [0.25, 0.3) is 5.91 Å². The smallest absolute Gasteiger partial charge is 0.256 e. The van der Waals surface area contributed by atoms with Gasteiger partial charge in [0.05, 0.1) is 5.52 Å². The van der Waals surface area contributed by atoms with Gasteiger partial charge in [-0.1, -0.05) is 23.7 Å². The summed E-state index contributed by atoms with van der Waals surface area (Å²) in [6.07, 6.45) is 3.68. The van der Waals surface area contributed by atoms with E-state index >= 15 is 0 Å². The van der Waals surface area contributed by atoms with Gasteiger partial charge in [0, 0.05) is 29.8 Å². The lowest BCUT2D eigenvalue weighted by atomic mass is 10.0. The van der Waals surface area contributed by atoms with Crippen molar-refractivity contribution in [2.24, 2.45) is 0 Å². The summed E-state index contributed by atoms with van der Waals surface area (Å²) in [5.41, 5.74) is 1.19. The number of benzene rings is 2. The van der Waals surface area contributed by atoms with E-state index in [-0.39, 0.29) is 23.1 Å². The lowest BCUT2D eigenvalue weighted by Crippen LogP contribution is -2.30. The molecule has 1 amide bonds. The van der Waals surface area contributed by atoms with Gasteiger partial charge < -0.3 is 15.4 Å². The SMILES string of the molecule is O=C(NCCc1ccc(Cl)cc1)c1c[nH]c2c(F)cc(CCCCO)cc2c1=O. The van der Waals surface area contributed by atoms with Gasteiger partial charge in [-0.3, -0.25) is 9.59 Å². The molecule has 2 aromatic carbocycles. The number of hydrogen-bond acceptors (Lipinski definition) is 3. The second-order valence-corrected chi connectivity index (χ2v) is 7.28. The van der Waals surface area contributed by atoms with Crippen LogP contribution in [-0.4, -0.2) is 29.1 Å².